The monoisotopic (exact) mass is 337 g/mol. The number of halogens is 1. The van der Waals surface area contributed by atoms with Gasteiger partial charge in [0.05, 0.1) is 24.0 Å². The lowest BCUT2D eigenvalue weighted by molar-refractivity contribution is -0.135. The summed E-state index contributed by atoms with van der Waals surface area (Å²) in [4.78, 5) is 22.6. The molecule has 0 radical (unpaired) electrons. The smallest absolute Gasteiger partial charge is 0.316 e. The van der Waals surface area contributed by atoms with Crippen molar-refractivity contribution in [2.45, 2.75) is 57.5 Å². The highest BCUT2D eigenvalue weighted by atomic mass is 35.5. The molecule has 1 saturated carbocycles. The van der Waals surface area contributed by atoms with Crippen molar-refractivity contribution in [3.8, 4) is 6.01 Å². The van der Waals surface area contributed by atoms with E-state index < -0.39 is 0 Å². The number of hydrogen-bond acceptors (Lipinski definition) is 4. The van der Waals surface area contributed by atoms with Gasteiger partial charge in [-0.2, -0.15) is 0 Å². The van der Waals surface area contributed by atoms with Crippen LogP contribution in [0.4, 0.5) is 0 Å². The molecule has 1 aliphatic heterocycles. The predicted molar refractivity (Wildman–Crippen MR) is 88.5 cm³/mol. The lowest BCUT2D eigenvalue weighted by atomic mass is 9.86. The summed E-state index contributed by atoms with van der Waals surface area (Å²) in [7, 11) is 0. The molecule has 1 saturated heterocycles. The van der Waals surface area contributed by atoms with Crippen LogP contribution >= 0.6 is 11.6 Å². The van der Waals surface area contributed by atoms with Crippen LogP contribution in [-0.2, 0) is 4.79 Å². The maximum absolute atomic E-state index is 12.5. The summed E-state index contributed by atoms with van der Waals surface area (Å²) < 4.78 is 5.81. The van der Waals surface area contributed by atoms with Crippen molar-refractivity contribution in [1.29, 1.82) is 0 Å². The van der Waals surface area contributed by atoms with Gasteiger partial charge in [0, 0.05) is 13.0 Å². The minimum absolute atomic E-state index is 0.0276. The molecule has 0 spiro atoms. The average Bonchev–Trinajstić information content (AvgIpc) is 2.58. The van der Waals surface area contributed by atoms with Crippen LogP contribution in [0, 0.1) is 5.92 Å². The third kappa shape index (κ3) is 4.80. The largest absolute Gasteiger partial charge is 0.458 e. The zero-order chi connectivity index (χ0) is 16.1. The van der Waals surface area contributed by atoms with Crippen molar-refractivity contribution in [2.24, 2.45) is 5.92 Å². The van der Waals surface area contributed by atoms with E-state index in [9.17, 15) is 4.79 Å². The lowest BCUT2D eigenvalue weighted by Gasteiger charge is -2.33. The Balaban J connectivity index is 1.50. The summed E-state index contributed by atoms with van der Waals surface area (Å²) in [5.41, 5.74) is 0. The molecule has 23 heavy (non-hydrogen) atoms. The summed E-state index contributed by atoms with van der Waals surface area (Å²) >= 11 is 5.78. The SMILES string of the molecule is O=C(CC1CCCCC1)N1CCCC(Oc2ncc(Cl)cn2)C1. The highest BCUT2D eigenvalue weighted by molar-refractivity contribution is 6.30. The fourth-order valence-corrected chi connectivity index (χ4v) is 3.64. The normalized spacial score (nSPS) is 22.8. The van der Waals surface area contributed by atoms with E-state index in [0.29, 0.717) is 29.9 Å². The second-order valence-electron chi connectivity index (χ2n) is 6.61. The summed E-state index contributed by atoms with van der Waals surface area (Å²) in [6.45, 7) is 1.48. The van der Waals surface area contributed by atoms with Crippen molar-refractivity contribution in [2.75, 3.05) is 13.1 Å². The van der Waals surface area contributed by atoms with E-state index in [4.69, 9.17) is 16.3 Å². The molecule has 1 aliphatic carbocycles. The van der Waals surface area contributed by atoms with E-state index in [1.807, 2.05) is 4.90 Å². The van der Waals surface area contributed by atoms with Crippen LogP contribution < -0.4 is 4.74 Å². The molecule has 1 amide bonds. The van der Waals surface area contributed by atoms with Gasteiger partial charge in [-0.05, 0) is 31.6 Å². The van der Waals surface area contributed by atoms with Crippen LogP contribution in [0.2, 0.25) is 5.02 Å². The Bertz CT molecular complexity index is 517. The lowest BCUT2D eigenvalue weighted by Crippen LogP contribution is -2.45. The minimum Gasteiger partial charge on any atom is -0.458 e. The first-order valence-electron chi connectivity index (χ1n) is 8.62. The Kier molecular flexibility index (Phi) is 5.70. The van der Waals surface area contributed by atoms with Crippen LogP contribution in [0.25, 0.3) is 0 Å². The highest BCUT2D eigenvalue weighted by Crippen LogP contribution is 2.27. The fraction of sp³-hybridized carbons (Fsp3) is 0.706. The van der Waals surface area contributed by atoms with Gasteiger partial charge < -0.3 is 9.64 Å². The van der Waals surface area contributed by atoms with Crippen molar-refractivity contribution < 1.29 is 9.53 Å². The molecule has 1 atom stereocenters. The van der Waals surface area contributed by atoms with E-state index >= 15 is 0 Å². The van der Waals surface area contributed by atoms with Gasteiger partial charge in [0.2, 0.25) is 5.91 Å². The number of amides is 1. The first-order valence-corrected chi connectivity index (χ1v) is 9.00. The first kappa shape index (κ1) is 16.5. The van der Waals surface area contributed by atoms with E-state index in [1.54, 1.807) is 0 Å². The van der Waals surface area contributed by atoms with Crippen molar-refractivity contribution in [3.63, 3.8) is 0 Å². The second kappa shape index (κ2) is 7.95. The Morgan fingerprint density at radius 3 is 2.65 bits per heavy atom. The number of carbonyl (C=O) groups excluding carboxylic acids is 1. The molecular weight excluding hydrogens is 314 g/mol. The third-order valence-corrected chi connectivity index (χ3v) is 4.98. The maximum atomic E-state index is 12.5. The number of likely N-dealkylation sites (tertiary alicyclic amines) is 1. The molecule has 2 heterocycles. The van der Waals surface area contributed by atoms with Crippen molar-refractivity contribution >= 4 is 17.5 Å². The Labute approximate surface area is 142 Å². The number of aromatic nitrogens is 2. The number of carbonyl (C=O) groups is 1. The predicted octanol–water partition coefficient (Wildman–Crippen LogP) is 3.47. The highest BCUT2D eigenvalue weighted by Gasteiger charge is 2.27. The molecule has 126 valence electrons. The zero-order valence-corrected chi connectivity index (χ0v) is 14.2. The quantitative estimate of drug-likeness (QED) is 0.844. The molecule has 6 heteroatoms. The molecule has 1 aromatic heterocycles. The summed E-state index contributed by atoms with van der Waals surface area (Å²) in [6, 6.07) is 0.334. The van der Waals surface area contributed by atoms with Gasteiger partial charge >= 0.3 is 6.01 Å². The molecule has 1 unspecified atom stereocenters. The molecular formula is C17H24ClN3O2. The van der Waals surface area contributed by atoms with Crippen molar-refractivity contribution in [1.82, 2.24) is 14.9 Å². The molecule has 0 bridgehead atoms. The topological polar surface area (TPSA) is 55.3 Å². The van der Waals surface area contributed by atoms with Crippen molar-refractivity contribution in [3.05, 3.63) is 17.4 Å². The Morgan fingerprint density at radius 1 is 1.17 bits per heavy atom. The molecule has 5 nitrogen and oxygen atoms in total. The van der Waals surface area contributed by atoms with Crippen LogP contribution in [0.15, 0.2) is 12.4 Å². The van der Waals surface area contributed by atoms with Gasteiger partial charge in [0.25, 0.3) is 0 Å². The zero-order valence-electron chi connectivity index (χ0n) is 13.4. The molecule has 2 aliphatic rings. The van der Waals surface area contributed by atoms with Crippen LogP contribution in [0.1, 0.15) is 51.4 Å². The van der Waals surface area contributed by atoms with Gasteiger partial charge in [0.15, 0.2) is 0 Å². The van der Waals surface area contributed by atoms with Gasteiger partial charge in [-0.15, -0.1) is 0 Å². The van der Waals surface area contributed by atoms with Gasteiger partial charge in [-0.25, -0.2) is 9.97 Å². The van der Waals surface area contributed by atoms with E-state index in [0.717, 1.165) is 19.4 Å². The number of piperidine rings is 1. The maximum Gasteiger partial charge on any atom is 0.316 e. The first-order chi connectivity index (χ1) is 11.2. The van der Waals surface area contributed by atoms with Gasteiger partial charge in [-0.3, -0.25) is 4.79 Å². The van der Waals surface area contributed by atoms with Crippen LogP contribution in [-0.4, -0.2) is 40.0 Å². The number of rotatable bonds is 4. The summed E-state index contributed by atoms with van der Waals surface area (Å²) in [5, 5.41) is 0.491. The van der Waals surface area contributed by atoms with E-state index in [1.165, 1.54) is 44.5 Å². The summed E-state index contributed by atoms with van der Waals surface area (Å²) in [6.07, 6.45) is 11.9. The Morgan fingerprint density at radius 2 is 1.91 bits per heavy atom. The molecule has 1 aromatic rings. The number of ether oxygens (including phenoxy) is 1. The van der Waals surface area contributed by atoms with E-state index in [2.05, 4.69) is 9.97 Å². The summed E-state index contributed by atoms with van der Waals surface area (Å²) in [5.74, 6) is 0.861. The number of hydrogen-bond donors (Lipinski definition) is 0. The molecule has 0 aromatic carbocycles. The average molecular weight is 338 g/mol. The van der Waals surface area contributed by atoms with Crippen LogP contribution in [0.3, 0.4) is 0 Å². The van der Waals surface area contributed by atoms with E-state index in [-0.39, 0.29) is 12.0 Å². The van der Waals surface area contributed by atoms with Gasteiger partial charge in [0.1, 0.15) is 6.10 Å². The molecule has 3 rings (SSSR count). The standard InChI is InChI=1S/C17H24ClN3O2/c18-14-10-19-17(20-11-14)23-15-7-4-8-21(12-15)16(22)9-13-5-2-1-3-6-13/h10-11,13,15H,1-9,12H2. The van der Waals surface area contributed by atoms with Crippen LogP contribution in [0.5, 0.6) is 6.01 Å². The third-order valence-electron chi connectivity index (χ3n) is 4.79. The molecule has 0 N–H and O–H groups in total. The number of nitrogens with zero attached hydrogens (tertiary/aromatic N) is 3. The van der Waals surface area contributed by atoms with Gasteiger partial charge in [-0.1, -0.05) is 30.9 Å². The minimum atomic E-state index is -0.0276. The Hall–Kier alpha value is -1.36. The fourth-order valence-electron chi connectivity index (χ4n) is 3.54. The molecule has 2 fully saturated rings. The second-order valence-corrected chi connectivity index (χ2v) is 7.05.